The number of hydrogen-bond acceptors (Lipinski definition) is 2. The Bertz CT molecular complexity index is 779. The van der Waals surface area contributed by atoms with Gasteiger partial charge in [0.2, 0.25) is 11.8 Å². The quantitative estimate of drug-likeness (QED) is 0.820. The van der Waals surface area contributed by atoms with E-state index < -0.39 is 17.5 Å². The number of amides is 2. The molecule has 0 aliphatic rings. The van der Waals surface area contributed by atoms with E-state index in [2.05, 4.69) is 5.32 Å². The minimum Gasteiger partial charge on any atom is -0.356 e. The van der Waals surface area contributed by atoms with Gasteiger partial charge in [-0.25, -0.2) is 13.2 Å². The number of anilines is 1. The van der Waals surface area contributed by atoms with Crippen LogP contribution in [-0.2, 0) is 16.0 Å². The second-order valence-corrected chi connectivity index (χ2v) is 5.74. The van der Waals surface area contributed by atoms with Crippen LogP contribution in [0.5, 0.6) is 0 Å². The molecule has 0 spiro atoms. The zero-order valence-electron chi connectivity index (χ0n) is 14.3. The summed E-state index contributed by atoms with van der Waals surface area (Å²) in [5.41, 5.74) is 0.809. The first kappa shape index (κ1) is 19.5. The molecule has 2 amide bonds. The zero-order valence-corrected chi connectivity index (χ0v) is 14.3. The van der Waals surface area contributed by atoms with Crippen molar-refractivity contribution < 1.29 is 22.8 Å². The fraction of sp³-hybridized carbons (Fsp3) is 0.263. The first-order valence-electron chi connectivity index (χ1n) is 8.11. The van der Waals surface area contributed by atoms with Crippen molar-refractivity contribution >= 4 is 17.5 Å². The molecule has 0 saturated carbocycles. The molecule has 2 rings (SSSR count). The molecular weight excluding hydrogens is 345 g/mol. The molecule has 4 nitrogen and oxygen atoms in total. The van der Waals surface area contributed by atoms with Crippen molar-refractivity contribution in [3.8, 4) is 0 Å². The minimum absolute atomic E-state index is 0.0275. The average Bonchev–Trinajstić information content (AvgIpc) is 2.58. The van der Waals surface area contributed by atoms with Gasteiger partial charge in [0.25, 0.3) is 0 Å². The van der Waals surface area contributed by atoms with Crippen molar-refractivity contribution in [2.24, 2.45) is 0 Å². The van der Waals surface area contributed by atoms with Crippen LogP contribution in [0.3, 0.4) is 0 Å². The summed E-state index contributed by atoms with van der Waals surface area (Å²) in [5, 5.41) is 2.69. The fourth-order valence-corrected chi connectivity index (χ4v) is 2.45. The lowest BCUT2D eigenvalue weighted by Gasteiger charge is -2.21. The van der Waals surface area contributed by atoms with Gasteiger partial charge in [0.1, 0.15) is 17.5 Å². The topological polar surface area (TPSA) is 49.4 Å². The largest absolute Gasteiger partial charge is 0.356 e. The van der Waals surface area contributed by atoms with E-state index in [1.807, 2.05) is 0 Å². The number of halogens is 3. The Morgan fingerprint density at radius 1 is 1.00 bits per heavy atom. The standard InChI is InChI=1S/C19H19F3N2O2/c1-13(25)24(18-7-6-16(21)12-17(18)22)11-9-19(26)23-10-8-14-2-4-15(20)5-3-14/h2-7,12H,8-11H2,1H3,(H,23,26). The molecule has 26 heavy (non-hydrogen) atoms. The highest BCUT2D eigenvalue weighted by Crippen LogP contribution is 2.20. The summed E-state index contributed by atoms with van der Waals surface area (Å²) in [5.74, 6) is -2.68. The van der Waals surface area contributed by atoms with Crippen LogP contribution in [0.1, 0.15) is 18.9 Å². The molecule has 0 fully saturated rings. The first-order valence-corrected chi connectivity index (χ1v) is 8.11. The average molecular weight is 364 g/mol. The molecule has 0 atom stereocenters. The Morgan fingerprint density at radius 2 is 1.65 bits per heavy atom. The van der Waals surface area contributed by atoms with Crippen LogP contribution in [-0.4, -0.2) is 24.9 Å². The van der Waals surface area contributed by atoms with Gasteiger partial charge in [0.05, 0.1) is 5.69 Å². The lowest BCUT2D eigenvalue weighted by atomic mass is 10.1. The van der Waals surface area contributed by atoms with Crippen molar-refractivity contribution in [3.05, 3.63) is 65.5 Å². The van der Waals surface area contributed by atoms with E-state index in [1.54, 1.807) is 12.1 Å². The molecule has 2 aromatic rings. The number of carbonyl (C=O) groups excluding carboxylic acids is 2. The van der Waals surface area contributed by atoms with Crippen molar-refractivity contribution in [3.63, 3.8) is 0 Å². The molecule has 138 valence electrons. The summed E-state index contributed by atoms with van der Waals surface area (Å²) in [7, 11) is 0. The number of rotatable bonds is 7. The summed E-state index contributed by atoms with van der Waals surface area (Å²) in [6, 6.07) is 8.87. The lowest BCUT2D eigenvalue weighted by molar-refractivity contribution is -0.121. The second-order valence-electron chi connectivity index (χ2n) is 5.74. The molecule has 0 unspecified atom stereocenters. The van der Waals surface area contributed by atoms with Gasteiger partial charge in [0, 0.05) is 32.5 Å². The van der Waals surface area contributed by atoms with E-state index >= 15 is 0 Å². The number of nitrogens with zero attached hydrogens (tertiary/aromatic N) is 1. The maximum absolute atomic E-state index is 13.8. The van der Waals surface area contributed by atoms with Crippen LogP contribution in [0.4, 0.5) is 18.9 Å². The third-order valence-electron chi connectivity index (χ3n) is 3.79. The molecule has 2 aromatic carbocycles. The molecule has 0 heterocycles. The van der Waals surface area contributed by atoms with Crippen molar-refractivity contribution in [2.45, 2.75) is 19.8 Å². The highest BCUT2D eigenvalue weighted by molar-refractivity contribution is 5.92. The maximum Gasteiger partial charge on any atom is 0.223 e. The summed E-state index contributed by atoms with van der Waals surface area (Å²) < 4.78 is 39.7. The van der Waals surface area contributed by atoms with Crippen LogP contribution in [0.2, 0.25) is 0 Å². The Morgan fingerprint density at radius 3 is 2.27 bits per heavy atom. The summed E-state index contributed by atoms with van der Waals surface area (Å²) in [6.45, 7) is 1.57. The van der Waals surface area contributed by atoms with Gasteiger partial charge >= 0.3 is 0 Å². The SMILES string of the molecule is CC(=O)N(CCC(=O)NCCc1ccc(F)cc1)c1ccc(F)cc1F. The molecule has 0 aromatic heterocycles. The van der Waals surface area contributed by atoms with E-state index in [4.69, 9.17) is 0 Å². The molecule has 0 bridgehead atoms. The maximum atomic E-state index is 13.8. The van der Waals surface area contributed by atoms with Gasteiger partial charge in [-0.15, -0.1) is 0 Å². The number of hydrogen-bond donors (Lipinski definition) is 1. The molecule has 1 N–H and O–H groups in total. The predicted octanol–water partition coefficient (Wildman–Crippen LogP) is 3.21. The number of carbonyl (C=O) groups is 2. The van der Waals surface area contributed by atoms with Gasteiger partial charge in [-0.3, -0.25) is 9.59 Å². The summed E-state index contributed by atoms with van der Waals surface area (Å²) >= 11 is 0. The predicted molar refractivity (Wildman–Crippen MR) is 92.1 cm³/mol. The van der Waals surface area contributed by atoms with E-state index in [0.29, 0.717) is 19.0 Å². The lowest BCUT2D eigenvalue weighted by Crippen LogP contribution is -2.35. The van der Waals surface area contributed by atoms with E-state index in [-0.39, 0.29) is 30.4 Å². The second kappa shape index (κ2) is 9.03. The first-order chi connectivity index (χ1) is 12.4. The Balaban J connectivity index is 1.85. The smallest absolute Gasteiger partial charge is 0.223 e. The van der Waals surface area contributed by atoms with Crippen LogP contribution >= 0.6 is 0 Å². The number of benzene rings is 2. The summed E-state index contributed by atoms with van der Waals surface area (Å²) in [4.78, 5) is 24.7. The normalized spacial score (nSPS) is 10.5. The van der Waals surface area contributed by atoms with Gasteiger partial charge in [0.15, 0.2) is 0 Å². The Hall–Kier alpha value is -2.83. The van der Waals surface area contributed by atoms with Gasteiger partial charge in [-0.05, 0) is 36.2 Å². The monoisotopic (exact) mass is 364 g/mol. The molecule has 0 aliphatic heterocycles. The van der Waals surface area contributed by atoms with Crippen LogP contribution < -0.4 is 10.2 Å². The molecular formula is C19H19F3N2O2. The third kappa shape index (κ3) is 5.61. The molecule has 0 aliphatic carbocycles. The van der Waals surface area contributed by atoms with Crippen molar-refractivity contribution in [1.82, 2.24) is 5.32 Å². The highest BCUT2D eigenvalue weighted by atomic mass is 19.1. The molecule has 7 heteroatoms. The van der Waals surface area contributed by atoms with Crippen LogP contribution in [0.15, 0.2) is 42.5 Å². The summed E-state index contributed by atoms with van der Waals surface area (Å²) in [6.07, 6.45) is 0.509. The zero-order chi connectivity index (χ0) is 19.1. The molecule has 0 saturated heterocycles. The minimum atomic E-state index is -0.864. The van der Waals surface area contributed by atoms with E-state index in [9.17, 15) is 22.8 Å². The third-order valence-corrected chi connectivity index (χ3v) is 3.79. The van der Waals surface area contributed by atoms with Gasteiger partial charge < -0.3 is 10.2 Å². The van der Waals surface area contributed by atoms with E-state index in [1.165, 1.54) is 25.1 Å². The van der Waals surface area contributed by atoms with Crippen molar-refractivity contribution in [2.75, 3.05) is 18.0 Å². The Labute approximate surface area is 149 Å². The number of nitrogens with one attached hydrogen (secondary N) is 1. The van der Waals surface area contributed by atoms with Gasteiger partial charge in [-0.2, -0.15) is 0 Å². The Kier molecular flexibility index (Phi) is 6.77. The van der Waals surface area contributed by atoms with Gasteiger partial charge in [-0.1, -0.05) is 12.1 Å². The van der Waals surface area contributed by atoms with E-state index in [0.717, 1.165) is 16.5 Å². The molecule has 0 radical (unpaired) electrons. The fourth-order valence-electron chi connectivity index (χ4n) is 2.45. The van der Waals surface area contributed by atoms with Crippen LogP contribution in [0, 0.1) is 17.5 Å². The van der Waals surface area contributed by atoms with Crippen molar-refractivity contribution in [1.29, 1.82) is 0 Å². The highest BCUT2D eigenvalue weighted by Gasteiger charge is 2.17. The van der Waals surface area contributed by atoms with Crippen LogP contribution in [0.25, 0.3) is 0 Å².